The molecule has 24 heavy (non-hydrogen) atoms. The molecule has 0 aliphatic carbocycles. The van der Waals surface area contributed by atoms with Crippen LogP contribution < -0.4 is 5.32 Å². The van der Waals surface area contributed by atoms with Crippen molar-refractivity contribution in [2.24, 2.45) is 0 Å². The molecular weight excluding hydrogens is 326 g/mol. The van der Waals surface area contributed by atoms with E-state index in [9.17, 15) is 13.2 Å². The lowest BCUT2D eigenvalue weighted by molar-refractivity contribution is -0.120. The van der Waals surface area contributed by atoms with Gasteiger partial charge in [0.2, 0.25) is 15.9 Å². The standard InChI is InChI=1S/C17H23N3O3S/c1-19(24(2,22)23)11-5-10-18-17(21)14-15-6-8-16(9-7-15)20-12-3-4-13-20/h3-4,6-9,12-13H,5,10-11,14H2,1-2H3,(H,18,21). The number of aromatic nitrogens is 1. The van der Waals surface area contributed by atoms with Gasteiger partial charge in [-0.25, -0.2) is 12.7 Å². The van der Waals surface area contributed by atoms with Crippen molar-refractivity contribution in [1.29, 1.82) is 0 Å². The summed E-state index contributed by atoms with van der Waals surface area (Å²) >= 11 is 0. The Hall–Kier alpha value is -2.12. The van der Waals surface area contributed by atoms with E-state index in [1.54, 1.807) is 0 Å². The molecular formula is C17H23N3O3S. The number of carbonyl (C=O) groups is 1. The van der Waals surface area contributed by atoms with E-state index >= 15 is 0 Å². The maximum absolute atomic E-state index is 11.9. The van der Waals surface area contributed by atoms with Crippen LogP contribution in [0.3, 0.4) is 0 Å². The van der Waals surface area contributed by atoms with Crippen molar-refractivity contribution in [2.45, 2.75) is 12.8 Å². The molecule has 1 amide bonds. The van der Waals surface area contributed by atoms with Gasteiger partial charge in [0, 0.05) is 38.2 Å². The molecule has 1 aromatic carbocycles. The van der Waals surface area contributed by atoms with E-state index in [0.717, 1.165) is 11.3 Å². The summed E-state index contributed by atoms with van der Waals surface area (Å²) < 4.78 is 25.8. The summed E-state index contributed by atoms with van der Waals surface area (Å²) in [6.45, 7) is 0.852. The first-order chi connectivity index (χ1) is 11.4. The van der Waals surface area contributed by atoms with Crippen LogP contribution in [0.25, 0.3) is 5.69 Å². The molecule has 1 heterocycles. The first kappa shape index (κ1) is 18.2. The number of carbonyl (C=O) groups excluding carboxylic acids is 1. The van der Waals surface area contributed by atoms with Crippen molar-refractivity contribution in [1.82, 2.24) is 14.2 Å². The van der Waals surface area contributed by atoms with Crippen molar-refractivity contribution in [3.63, 3.8) is 0 Å². The third kappa shape index (κ3) is 5.50. The SMILES string of the molecule is CN(CCCNC(=O)Cc1ccc(-n2cccc2)cc1)S(C)(=O)=O. The van der Waals surface area contributed by atoms with E-state index < -0.39 is 10.0 Å². The lowest BCUT2D eigenvalue weighted by Gasteiger charge is -2.13. The molecule has 1 aromatic heterocycles. The van der Waals surface area contributed by atoms with Crippen molar-refractivity contribution in [2.75, 3.05) is 26.4 Å². The van der Waals surface area contributed by atoms with Crippen LogP contribution in [-0.2, 0) is 21.2 Å². The lowest BCUT2D eigenvalue weighted by atomic mass is 10.1. The Morgan fingerprint density at radius 1 is 1.17 bits per heavy atom. The molecule has 2 aromatic rings. The largest absolute Gasteiger partial charge is 0.356 e. The Balaban J connectivity index is 1.74. The van der Waals surface area contributed by atoms with Crippen LogP contribution in [0.5, 0.6) is 0 Å². The van der Waals surface area contributed by atoms with Gasteiger partial charge in [-0.15, -0.1) is 0 Å². The molecule has 6 nitrogen and oxygen atoms in total. The van der Waals surface area contributed by atoms with E-state index in [0.29, 0.717) is 25.9 Å². The first-order valence-corrected chi connectivity index (χ1v) is 9.61. The van der Waals surface area contributed by atoms with Gasteiger partial charge in [-0.05, 0) is 36.2 Å². The van der Waals surface area contributed by atoms with Gasteiger partial charge in [-0.1, -0.05) is 12.1 Å². The van der Waals surface area contributed by atoms with E-state index in [4.69, 9.17) is 0 Å². The minimum absolute atomic E-state index is 0.0641. The Morgan fingerprint density at radius 2 is 1.79 bits per heavy atom. The van der Waals surface area contributed by atoms with E-state index in [1.807, 2.05) is 53.4 Å². The summed E-state index contributed by atoms with van der Waals surface area (Å²) in [5.74, 6) is -0.0641. The van der Waals surface area contributed by atoms with Crippen LogP contribution in [0, 0.1) is 0 Å². The monoisotopic (exact) mass is 349 g/mol. The summed E-state index contributed by atoms with van der Waals surface area (Å²) in [5, 5.41) is 2.81. The minimum atomic E-state index is -3.16. The maximum Gasteiger partial charge on any atom is 0.224 e. The van der Waals surface area contributed by atoms with Gasteiger partial charge < -0.3 is 9.88 Å². The fourth-order valence-electron chi connectivity index (χ4n) is 2.24. The Labute approximate surface area is 143 Å². The van der Waals surface area contributed by atoms with Gasteiger partial charge in [0.05, 0.1) is 12.7 Å². The molecule has 0 fully saturated rings. The number of hydrogen-bond acceptors (Lipinski definition) is 3. The van der Waals surface area contributed by atoms with Gasteiger partial charge >= 0.3 is 0 Å². The molecule has 7 heteroatoms. The molecule has 0 saturated heterocycles. The van der Waals surface area contributed by atoms with Gasteiger partial charge in [-0.3, -0.25) is 4.79 Å². The van der Waals surface area contributed by atoms with Gasteiger partial charge in [0.15, 0.2) is 0 Å². The molecule has 0 atom stereocenters. The molecule has 2 rings (SSSR count). The zero-order valence-electron chi connectivity index (χ0n) is 14.0. The Kier molecular flexibility index (Phi) is 6.16. The average molecular weight is 349 g/mol. The average Bonchev–Trinajstić information content (AvgIpc) is 3.05. The van der Waals surface area contributed by atoms with Crippen LogP contribution in [0.2, 0.25) is 0 Å². The number of nitrogens with zero attached hydrogens (tertiary/aromatic N) is 2. The lowest BCUT2D eigenvalue weighted by Crippen LogP contribution is -2.31. The van der Waals surface area contributed by atoms with Gasteiger partial charge in [0.1, 0.15) is 0 Å². The minimum Gasteiger partial charge on any atom is -0.356 e. The summed E-state index contributed by atoms with van der Waals surface area (Å²) in [5.41, 5.74) is 1.99. The number of sulfonamides is 1. The van der Waals surface area contributed by atoms with Crippen molar-refractivity contribution < 1.29 is 13.2 Å². The zero-order chi connectivity index (χ0) is 17.6. The normalized spacial score (nSPS) is 11.6. The summed E-state index contributed by atoms with van der Waals surface area (Å²) in [7, 11) is -1.63. The maximum atomic E-state index is 11.9. The summed E-state index contributed by atoms with van der Waals surface area (Å²) in [6.07, 6.45) is 6.00. The van der Waals surface area contributed by atoms with E-state index in [-0.39, 0.29) is 5.91 Å². The fourth-order valence-corrected chi connectivity index (χ4v) is 2.70. The second-order valence-corrected chi connectivity index (χ2v) is 7.81. The number of benzene rings is 1. The molecule has 0 spiro atoms. The highest BCUT2D eigenvalue weighted by Crippen LogP contribution is 2.10. The highest BCUT2D eigenvalue weighted by Gasteiger charge is 2.10. The molecule has 0 unspecified atom stereocenters. The Morgan fingerprint density at radius 3 is 2.38 bits per heavy atom. The highest BCUT2D eigenvalue weighted by atomic mass is 32.2. The molecule has 0 aliphatic heterocycles. The molecule has 130 valence electrons. The van der Waals surface area contributed by atoms with E-state index in [2.05, 4.69) is 5.32 Å². The zero-order valence-corrected chi connectivity index (χ0v) is 14.8. The van der Waals surface area contributed by atoms with Crippen molar-refractivity contribution in [3.05, 3.63) is 54.4 Å². The topological polar surface area (TPSA) is 71.4 Å². The molecule has 0 radical (unpaired) electrons. The van der Waals surface area contributed by atoms with Crippen molar-refractivity contribution >= 4 is 15.9 Å². The first-order valence-electron chi connectivity index (χ1n) is 7.76. The van der Waals surface area contributed by atoms with Crippen LogP contribution >= 0.6 is 0 Å². The highest BCUT2D eigenvalue weighted by molar-refractivity contribution is 7.88. The van der Waals surface area contributed by atoms with Crippen LogP contribution in [0.15, 0.2) is 48.8 Å². The smallest absolute Gasteiger partial charge is 0.224 e. The van der Waals surface area contributed by atoms with Crippen LogP contribution in [-0.4, -0.2) is 49.6 Å². The number of amides is 1. The third-order valence-electron chi connectivity index (χ3n) is 3.74. The summed E-state index contributed by atoms with van der Waals surface area (Å²) in [4.78, 5) is 11.9. The molecule has 1 N–H and O–H groups in total. The van der Waals surface area contributed by atoms with Crippen molar-refractivity contribution in [3.8, 4) is 5.69 Å². The predicted octanol–water partition coefficient (Wildman–Crippen LogP) is 1.42. The molecule has 0 aliphatic rings. The van der Waals surface area contributed by atoms with Crippen LogP contribution in [0.4, 0.5) is 0 Å². The van der Waals surface area contributed by atoms with Gasteiger partial charge in [0.25, 0.3) is 0 Å². The second-order valence-electron chi connectivity index (χ2n) is 5.72. The van der Waals surface area contributed by atoms with E-state index in [1.165, 1.54) is 17.6 Å². The number of rotatable bonds is 8. The number of hydrogen-bond donors (Lipinski definition) is 1. The van der Waals surface area contributed by atoms with Crippen LogP contribution in [0.1, 0.15) is 12.0 Å². The predicted molar refractivity (Wildman–Crippen MR) is 94.6 cm³/mol. The fraction of sp³-hybridized carbons (Fsp3) is 0.353. The number of nitrogens with one attached hydrogen (secondary N) is 1. The molecule has 0 saturated carbocycles. The molecule has 0 bridgehead atoms. The van der Waals surface area contributed by atoms with Gasteiger partial charge in [-0.2, -0.15) is 0 Å². The third-order valence-corrected chi connectivity index (χ3v) is 5.06. The quantitative estimate of drug-likeness (QED) is 0.733. The summed E-state index contributed by atoms with van der Waals surface area (Å²) in [6, 6.07) is 11.7. The second kappa shape index (κ2) is 8.12. The Bertz CT molecular complexity index is 753.